The van der Waals surface area contributed by atoms with Crippen LogP contribution in [-0.2, 0) is 20.8 Å². The van der Waals surface area contributed by atoms with Crippen LogP contribution in [0.25, 0.3) is 0 Å². The fourth-order valence-electron chi connectivity index (χ4n) is 2.31. The molecule has 0 spiro atoms. The number of phenolic OH excluding ortho intramolecular Hbond substituents is 1. The highest BCUT2D eigenvalue weighted by Gasteiger charge is 2.38. The van der Waals surface area contributed by atoms with E-state index in [1.165, 1.54) is 12.1 Å². The predicted octanol–water partition coefficient (Wildman–Crippen LogP) is 0.173. The van der Waals surface area contributed by atoms with Crippen molar-refractivity contribution >= 4 is 30.0 Å². The van der Waals surface area contributed by atoms with Crippen LogP contribution in [0.1, 0.15) is 12.5 Å². The number of carboxylic acid groups (broad SMARTS) is 1. The molecule has 1 aliphatic rings. The van der Waals surface area contributed by atoms with E-state index in [4.69, 9.17) is 0 Å². The van der Waals surface area contributed by atoms with Gasteiger partial charge in [-0.25, -0.2) is 9.59 Å². The van der Waals surface area contributed by atoms with E-state index >= 15 is 0 Å². The molecule has 9 nitrogen and oxygen atoms in total. The molecule has 1 heterocycles. The number of rotatable bonds is 6. The number of imide groups is 2. The third kappa shape index (κ3) is 4.19. The van der Waals surface area contributed by atoms with Gasteiger partial charge in [-0.3, -0.25) is 24.8 Å². The van der Waals surface area contributed by atoms with Gasteiger partial charge in [-0.15, -0.1) is 0 Å². The molecule has 0 radical (unpaired) electrons. The van der Waals surface area contributed by atoms with Crippen LogP contribution in [0.2, 0.25) is 0 Å². The minimum Gasteiger partial charge on any atom is -0.508 e. The zero-order chi connectivity index (χ0) is 18.6. The largest absolute Gasteiger partial charge is 0.508 e. The zero-order valence-corrected chi connectivity index (χ0v) is 13.4. The number of aliphatic carboxylic acids is 1. The van der Waals surface area contributed by atoms with Crippen LogP contribution < -0.4 is 5.32 Å². The number of carboxylic acids is 1. The van der Waals surface area contributed by atoms with Gasteiger partial charge in [-0.2, -0.15) is 0 Å². The highest BCUT2D eigenvalue weighted by molar-refractivity contribution is 6.23. The van der Waals surface area contributed by atoms with E-state index in [-0.39, 0.29) is 18.7 Å². The smallest absolute Gasteiger partial charge is 0.330 e. The number of aliphatic imine (C=N–C) groups is 1. The fraction of sp³-hybridized carbons (Fsp3) is 0.312. The number of barbiturate groups is 1. The number of hydrogen-bond donors (Lipinski definition) is 3. The van der Waals surface area contributed by atoms with Crippen molar-refractivity contribution in [2.75, 3.05) is 6.54 Å². The molecule has 2 rings (SSSR count). The molecule has 0 saturated carbocycles. The predicted molar refractivity (Wildman–Crippen MR) is 86.1 cm³/mol. The van der Waals surface area contributed by atoms with E-state index in [0.717, 1.165) is 11.1 Å². The minimum absolute atomic E-state index is 0.0189. The molecule has 3 N–H and O–H groups in total. The SMILES string of the molecule is CCN1C(=O)NC(=O)[C@@H](C=N[C@@H](Cc2ccc(O)cc2)C(=O)O)C1=O. The van der Waals surface area contributed by atoms with Crippen molar-refractivity contribution in [3.63, 3.8) is 0 Å². The number of carbonyl (C=O) groups excluding carboxylic acids is 3. The minimum atomic E-state index is -1.35. The van der Waals surface area contributed by atoms with Crippen molar-refractivity contribution < 1.29 is 29.4 Å². The Labute approximate surface area is 143 Å². The molecule has 9 heteroatoms. The summed E-state index contributed by atoms with van der Waals surface area (Å²) in [5, 5.41) is 20.5. The van der Waals surface area contributed by atoms with Crippen LogP contribution in [0.15, 0.2) is 29.3 Å². The first-order chi connectivity index (χ1) is 11.8. The molecule has 0 aromatic heterocycles. The molecule has 0 unspecified atom stereocenters. The van der Waals surface area contributed by atoms with Crippen LogP contribution in [0.3, 0.4) is 0 Å². The van der Waals surface area contributed by atoms with Gasteiger partial charge in [0.15, 0.2) is 12.0 Å². The summed E-state index contributed by atoms with van der Waals surface area (Å²) < 4.78 is 0. The van der Waals surface area contributed by atoms with Crippen LogP contribution in [-0.4, -0.2) is 57.7 Å². The van der Waals surface area contributed by atoms with Crippen LogP contribution >= 0.6 is 0 Å². The van der Waals surface area contributed by atoms with Gasteiger partial charge in [-0.05, 0) is 24.6 Å². The van der Waals surface area contributed by atoms with Gasteiger partial charge in [0.05, 0.1) is 0 Å². The maximum Gasteiger partial charge on any atom is 0.330 e. The second kappa shape index (κ2) is 7.56. The zero-order valence-electron chi connectivity index (χ0n) is 13.4. The number of carbonyl (C=O) groups is 4. The van der Waals surface area contributed by atoms with Crippen LogP contribution in [0.4, 0.5) is 4.79 Å². The third-order valence-electron chi connectivity index (χ3n) is 3.67. The Kier molecular flexibility index (Phi) is 5.48. The molecule has 1 fully saturated rings. The second-order valence-electron chi connectivity index (χ2n) is 5.38. The molecule has 1 aliphatic heterocycles. The average molecular weight is 347 g/mol. The highest BCUT2D eigenvalue weighted by Crippen LogP contribution is 2.14. The number of phenols is 1. The first kappa shape index (κ1) is 18.1. The summed E-state index contributed by atoms with van der Waals surface area (Å²) in [7, 11) is 0. The van der Waals surface area contributed by atoms with Crippen molar-refractivity contribution in [1.82, 2.24) is 10.2 Å². The lowest BCUT2D eigenvalue weighted by Gasteiger charge is -2.27. The molecule has 1 aromatic rings. The lowest BCUT2D eigenvalue weighted by molar-refractivity contribution is -0.140. The van der Waals surface area contributed by atoms with Gasteiger partial charge >= 0.3 is 12.0 Å². The lowest BCUT2D eigenvalue weighted by Crippen LogP contribution is -2.58. The van der Waals surface area contributed by atoms with E-state index in [1.54, 1.807) is 19.1 Å². The van der Waals surface area contributed by atoms with E-state index in [0.29, 0.717) is 5.56 Å². The number of urea groups is 1. The van der Waals surface area contributed by atoms with E-state index in [2.05, 4.69) is 4.99 Å². The lowest BCUT2D eigenvalue weighted by atomic mass is 10.0. The third-order valence-corrected chi connectivity index (χ3v) is 3.67. The summed E-state index contributed by atoms with van der Waals surface area (Å²) >= 11 is 0. The molecule has 1 saturated heterocycles. The topological polar surface area (TPSA) is 136 Å². The number of benzene rings is 1. The molecule has 4 amide bonds. The summed E-state index contributed by atoms with van der Waals surface area (Å²) in [6.07, 6.45) is 0.983. The molecule has 25 heavy (non-hydrogen) atoms. The summed E-state index contributed by atoms with van der Waals surface area (Å²) in [6, 6.07) is 3.92. The summed E-state index contributed by atoms with van der Waals surface area (Å²) in [4.78, 5) is 51.5. The number of nitrogens with zero attached hydrogens (tertiary/aromatic N) is 2. The van der Waals surface area contributed by atoms with Crippen molar-refractivity contribution in [3.8, 4) is 5.75 Å². The van der Waals surface area contributed by atoms with Gasteiger partial charge < -0.3 is 10.2 Å². The Hall–Kier alpha value is -3.23. The summed E-state index contributed by atoms with van der Waals surface area (Å²) in [5.41, 5.74) is 0.618. The maximum absolute atomic E-state index is 12.1. The van der Waals surface area contributed by atoms with Gasteiger partial charge in [0, 0.05) is 19.2 Å². The normalized spacial score (nSPS) is 19.2. The molecular weight excluding hydrogens is 330 g/mol. The molecular formula is C16H17N3O6. The van der Waals surface area contributed by atoms with E-state index < -0.39 is 35.8 Å². The Balaban J connectivity index is 2.16. The van der Waals surface area contributed by atoms with E-state index in [1.807, 2.05) is 5.32 Å². The van der Waals surface area contributed by atoms with Gasteiger partial charge in [0.25, 0.3) is 0 Å². The van der Waals surface area contributed by atoms with Gasteiger partial charge in [-0.1, -0.05) is 12.1 Å². The van der Waals surface area contributed by atoms with Crippen molar-refractivity contribution in [1.29, 1.82) is 0 Å². The van der Waals surface area contributed by atoms with Gasteiger partial charge in [0.1, 0.15) is 5.75 Å². The Morgan fingerprint density at radius 3 is 2.52 bits per heavy atom. The second-order valence-corrected chi connectivity index (χ2v) is 5.38. The highest BCUT2D eigenvalue weighted by atomic mass is 16.4. The van der Waals surface area contributed by atoms with E-state index in [9.17, 15) is 29.4 Å². The molecule has 2 atom stereocenters. The van der Waals surface area contributed by atoms with Crippen LogP contribution in [0, 0.1) is 5.92 Å². The van der Waals surface area contributed by atoms with Gasteiger partial charge in [0.2, 0.25) is 11.8 Å². The number of amides is 4. The number of aromatic hydroxyl groups is 1. The first-order valence-electron chi connectivity index (χ1n) is 7.53. The van der Waals surface area contributed by atoms with Crippen LogP contribution in [0.5, 0.6) is 5.75 Å². The molecule has 1 aromatic carbocycles. The van der Waals surface area contributed by atoms with Crippen molar-refractivity contribution in [2.45, 2.75) is 19.4 Å². The van der Waals surface area contributed by atoms with Crippen molar-refractivity contribution in [3.05, 3.63) is 29.8 Å². The van der Waals surface area contributed by atoms with Crippen molar-refractivity contribution in [2.24, 2.45) is 10.9 Å². The maximum atomic E-state index is 12.1. The number of nitrogens with one attached hydrogen (secondary N) is 1. The monoisotopic (exact) mass is 347 g/mol. The molecule has 0 aliphatic carbocycles. The standard InChI is InChI=1S/C16H17N3O6/c1-2-19-14(22)11(13(21)18-16(19)25)8-17-12(15(23)24)7-9-3-5-10(20)6-4-9/h3-6,8,11-12,20H,2,7H2,1H3,(H,23,24)(H,18,21,25)/t11-,12+/m1/s1. The molecule has 132 valence electrons. The Bertz CT molecular complexity index is 728. The number of hydrogen-bond acceptors (Lipinski definition) is 6. The quantitative estimate of drug-likeness (QED) is 0.496. The fourth-order valence-corrected chi connectivity index (χ4v) is 2.31. The summed E-state index contributed by atoms with van der Waals surface area (Å²) in [5.74, 6) is -4.10. The first-order valence-corrected chi connectivity index (χ1v) is 7.53. The Morgan fingerprint density at radius 2 is 1.96 bits per heavy atom. The Morgan fingerprint density at radius 1 is 1.32 bits per heavy atom. The molecule has 0 bridgehead atoms. The average Bonchev–Trinajstić information content (AvgIpc) is 2.55. The summed E-state index contributed by atoms with van der Waals surface area (Å²) in [6.45, 7) is 1.66.